The Bertz CT molecular complexity index is 706. The number of rotatable bonds is 6. The molecule has 1 aliphatic rings. The molecule has 1 aliphatic heterocycles. The summed E-state index contributed by atoms with van der Waals surface area (Å²) >= 11 is 0. The average Bonchev–Trinajstić information content (AvgIpc) is 2.60. The van der Waals surface area contributed by atoms with Gasteiger partial charge in [-0.25, -0.2) is 0 Å². The molecule has 0 aliphatic carbocycles. The molecule has 0 atom stereocenters. The molecule has 0 saturated heterocycles. The van der Waals surface area contributed by atoms with E-state index in [4.69, 9.17) is 4.74 Å². The van der Waals surface area contributed by atoms with Gasteiger partial charge in [-0.15, -0.1) is 0 Å². The van der Waals surface area contributed by atoms with Gasteiger partial charge in [0.05, 0.1) is 7.11 Å². The molecular formula is C21H26N2O. The first-order chi connectivity index (χ1) is 11.7. The molecule has 1 N–H and O–H groups in total. The molecule has 3 nitrogen and oxygen atoms in total. The van der Waals surface area contributed by atoms with Crippen molar-refractivity contribution in [2.45, 2.75) is 33.0 Å². The lowest BCUT2D eigenvalue weighted by atomic mass is 9.98. The molecule has 0 saturated carbocycles. The van der Waals surface area contributed by atoms with Gasteiger partial charge in [-0.05, 0) is 41.7 Å². The molecule has 0 fully saturated rings. The second-order valence-electron chi connectivity index (χ2n) is 6.51. The van der Waals surface area contributed by atoms with E-state index in [0.29, 0.717) is 0 Å². The minimum atomic E-state index is 0.840. The lowest BCUT2D eigenvalue weighted by Crippen LogP contribution is -2.30. The lowest BCUT2D eigenvalue weighted by Gasteiger charge is -2.29. The predicted molar refractivity (Wildman–Crippen MR) is 98.9 cm³/mol. The Hall–Kier alpha value is -2.26. The van der Waals surface area contributed by atoms with Crippen LogP contribution in [-0.4, -0.2) is 18.6 Å². The fourth-order valence-electron chi connectivity index (χ4n) is 3.23. The van der Waals surface area contributed by atoms with Crippen molar-refractivity contribution in [2.24, 2.45) is 0 Å². The summed E-state index contributed by atoms with van der Waals surface area (Å²) in [5, 5.41) is 3.27. The lowest BCUT2D eigenvalue weighted by molar-refractivity contribution is 0.242. The SMILES string of the molecule is C=C(C)NCc1ccc(CN2CCc3c(cccc3OC)C2)cc1. The molecule has 1 heterocycles. The summed E-state index contributed by atoms with van der Waals surface area (Å²) < 4.78 is 5.49. The van der Waals surface area contributed by atoms with Crippen LogP contribution in [0.4, 0.5) is 0 Å². The number of methoxy groups -OCH3 is 1. The second-order valence-corrected chi connectivity index (χ2v) is 6.51. The Morgan fingerprint density at radius 2 is 1.92 bits per heavy atom. The number of hydrogen-bond acceptors (Lipinski definition) is 3. The van der Waals surface area contributed by atoms with Gasteiger partial charge in [0.15, 0.2) is 0 Å². The monoisotopic (exact) mass is 322 g/mol. The highest BCUT2D eigenvalue weighted by Gasteiger charge is 2.19. The van der Waals surface area contributed by atoms with Crippen LogP contribution in [0.2, 0.25) is 0 Å². The van der Waals surface area contributed by atoms with Gasteiger partial charge in [-0.2, -0.15) is 0 Å². The van der Waals surface area contributed by atoms with Crippen molar-refractivity contribution in [3.05, 3.63) is 77.0 Å². The van der Waals surface area contributed by atoms with Gasteiger partial charge in [0.25, 0.3) is 0 Å². The zero-order valence-electron chi connectivity index (χ0n) is 14.6. The van der Waals surface area contributed by atoms with E-state index in [-0.39, 0.29) is 0 Å². The normalized spacial score (nSPS) is 14.1. The maximum Gasteiger partial charge on any atom is 0.122 e. The van der Waals surface area contributed by atoms with Crippen LogP contribution in [0, 0.1) is 0 Å². The van der Waals surface area contributed by atoms with Crippen LogP contribution in [0.5, 0.6) is 5.75 Å². The molecule has 3 heteroatoms. The van der Waals surface area contributed by atoms with E-state index in [1.54, 1.807) is 7.11 Å². The van der Waals surface area contributed by atoms with E-state index in [1.165, 1.54) is 22.3 Å². The maximum atomic E-state index is 5.49. The van der Waals surface area contributed by atoms with E-state index < -0.39 is 0 Å². The third-order valence-corrected chi connectivity index (χ3v) is 4.55. The van der Waals surface area contributed by atoms with E-state index in [9.17, 15) is 0 Å². The van der Waals surface area contributed by atoms with Crippen molar-refractivity contribution in [3.8, 4) is 5.75 Å². The van der Waals surface area contributed by atoms with Crippen LogP contribution >= 0.6 is 0 Å². The van der Waals surface area contributed by atoms with Gasteiger partial charge < -0.3 is 10.1 Å². The Morgan fingerprint density at radius 3 is 2.62 bits per heavy atom. The highest BCUT2D eigenvalue weighted by atomic mass is 16.5. The first-order valence-electron chi connectivity index (χ1n) is 8.50. The molecule has 0 radical (unpaired) electrons. The van der Waals surface area contributed by atoms with E-state index in [0.717, 1.165) is 44.0 Å². The Morgan fingerprint density at radius 1 is 1.17 bits per heavy atom. The third-order valence-electron chi connectivity index (χ3n) is 4.55. The Balaban J connectivity index is 1.62. The van der Waals surface area contributed by atoms with Crippen molar-refractivity contribution >= 4 is 0 Å². The van der Waals surface area contributed by atoms with Crippen LogP contribution in [0.25, 0.3) is 0 Å². The average molecular weight is 322 g/mol. The molecule has 0 unspecified atom stereocenters. The summed E-state index contributed by atoms with van der Waals surface area (Å²) in [5.74, 6) is 1.03. The number of nitrogens with one attached hydrogen (secondary N) is 1. The third kappa shape index (κ3) is 3.98. The van der Waals surface area contributed by atoms with Crippen molar-refractivity contribution in [2.75, 3.05) is 13.7 Å². The molecule has 3 rings (SSSR count). The van der Waals surface area contributed by atoms with Crippen molar-refractivity contribution in [1.29, 1.82) is 0 Å². The standard InChI is InChI=1S/C21H26N2O/c1-16(2)22-13-17-7-9-18(10-8-17)14-23-12-11-20-19(15-23)5-4-6-21(20)24-3/h4-10,22H,1,11-15H2,2-3H3. The molecule has 2 aromatic rings. The van der Waals surface area contributed by atoms with Crippen molar-refractivity contribution in [1.82, 2.24) is 10.2 Å². The highest BCUT2D eigenvalue weighted by Crippen LogP contribution is 2.28. The summed E-state index contributed by atoms with van der Waals surface area (Å²) in [7, 11) is 1.76. The molecule has 126 valence electrons. The minimum Gasteiger partial charge on any atom is -0.496 e. The van der Waals surface area contributed by atoms with Gasteiger partial charge in [0.2, 0.25) is 0 Å². The topological polar surface area (TPSA) is 24.5 Å². The summed E-state index contributed by atoms with van der Waals surface area (Å²) in [6.07, 6.45) is 1.06. The fraction of sp³-hybridized carbons (Fsp3) is 0.333. The van der Waals surface area contributed by atoms with Crippen LogP contribution in [0.15, 0.2) is 54.7 Å². The molecular weight excluding hydrogens is 296 g/mol. The molecule has 0 aromatic heterocycles. The minimum absolute atomic E-state index is 0.840. The first-order valence-corrected chi connectivity index (χ1v) is 8.50. The molecule has 0 spiro atoms. The summed E-state index contributed by atoms with van der Waals surface area (Å²) in [6.45, 7) is 9.75. The van der Waals surface area contributed by atoms with Crippen molar-refractivity contribution < 1.29 is 4.74 Å². The van der Waals surface area contributed by atoms with Crippen LogP contribution in [0.1, 0.15) is 29.2 Å². The largest absolute Gasteiger partial charge is 0.496 e. The van der Waals surface area contributed by atoms with E-state index in [1.807, 2.05) is 6.92 Å². The first kappa shape index (κ1) is 16.6. The number of fused-ring (bicyclic) bond motifs is 1. The predicted octanol–water partition coefficient (Wildman–Crippen LogP) is 3.88. The van der Waals surface area contributed by atoms with E-state index in [2.05, 4.69) is 59.3 Å². The second kappa shape index (κ2) is 7.54. The van der Waals surface area contributed by atoms with Crippen LogP contribution < -0.4 is 10.1 Å². The summed E-state index contributed by atoms with van der Waals surface area (Å²) in [6, 6.07) is 15.2. The fourth-order valence-corrected chi connectivity index (χ4v) is 3.23. The number of ether oxygens (including phenoxy) is 1. The molecule has 2 aromatic carbocycles. The van der Waals surface area contributed by atoms with Crippen LogP contribution in [0.3, 0.4) is 0 Å². The molecule has 0 bridgehead atoms. The number of benzene rings is 2. The quantitative estimate of drug-likeness (QED) is 0.873. The Kier molecular flexibility index (Phi) is 5.21. The van der Waals surface area contributed by atoms with E-state index >= 15 is 0 Å². The molecule has 24 heavy (non-hydrogen) atoms. The number of hydrogen-bond donors (Lipinski definition) is 1. The van der Waals surface area contributed by atoms with Crippen LogP contribution in [-0.2, 0) is 26.1 Å². The summed E-state index contributed by atoms with van der Waals surface area (Å²) in [5.41, 5.74) is 6.41. The van der Waals surface area contributed by atoms with Gasteiger partial charge in [-0.3, -0.25) is 4.90 Å². The summed E-state index contributed by atoms with van der Waals surface area (Å²) in [4.78, 5) is 2.50. The maximum absolute atomic E-state index is 5.49. The van der Waals surface area contributed by atoms with Crippen molar-refractivity contribution in [3.63, 3.8) is 0 Å². The smallest absolute Gasteiger partial charge is 0.122 e. The number of nitrogens with zero attached hydrogens (tertiary/aromatic N) is 1. The van der Waals surface area contributed by atoms with Gasteiger partial charge >= 0.3 is 0 Å². The highest BCUT2D eigenvalue weighted by molar-refractivity contribution is 5.41. The van der Waals surface area contributed by atoms with Gasteiger partial charge in [0, 0.05) is 31.9 Å². The molecule has 0 amide bonds. The van der Waals surface area contributed by atoms with Gasteiger partial charge in [0.1, 0.15) is 5.75 Å². The zero-order valence-corrected chi connectivity index (χ0v) is 14.6. The van der Waals surface area contributed by atoms with Gasteiger partial charge in [-0.1, -0.05) is 43.0 Å². The zero-order chi connectivity index (χ0) is 16.9. The number of allylic oxidation sites excluding steroid dienone is 1. The Labute approximate surface area is 145 Å².